The van der Waals surface area contributed by atoms with Gasteiger partial charge in [-0.1, -0.05) is 18.2 Å². The number of fused-ring (bicyclic) bond motifs is 1. The molecule has 3 rings (SSSR count). The zero-order valence-electron chi connectivity index (χ0n) is 9.80. The molecular formula is C13H12N2O3. The molecule has 1 aliphatic heterocycles. The highest BCUT2D eigenvalue weighted by atomic mass is 16.5. The number of ether oxygens (including phenoxy) is 1. The molecule has 0 saturated heterocycles. The number of aromatic hydroxyl groups is 1. The molecule has 5 nitrogen and oxygen atoms in total. The third kappa shape index (κ3) is 1.55. The maximum absolute atomic E-state index is 11.6. The second-order valence-corrected chi connectivity index (χ2v) is 4.36. The highest BCUT2D eigenvalue weighted by Crippen LogP contribution is 2.41. The molecule has 0 saturated carbocycles. The summed E-state index contributed by atoms with van der Waals surface area (Å²) in [6, 6.07) is 7.02. The van der Waals surface area contributed by atoms with Gasteiger partial charge in [0.1, 0.15) is 5.75 Å². The van der Waals surface area contributed by atoms with Crippen molar-refractivity contribution in [3.8, 4) is 11.6 Å². The number of aryl methyl sites for hydroxylation is 1. The van der Waals surface area contributed by atoms with Gasteiger partial charge in [0, 0.05) is 22.7 Å². The van der Waals surface area contributed by atoms with Crippen LogP contribution in [0.1, 0.15) is 29.2 Å². The summed E-state index contributed by atoms with van der Waals surface area (Å²) in [5.41, 5.74) is 2.42. The Kier molecular flexibility index (Phi) is 2.33. The third-order valence-electron chi connectivity index (χ3n) is 3.20. The van der Waals surface area contributed by atoms with Crippen LogP contribution in [0.3, 0.4) is 0 Å². The average Bonchev–Trinajstić information content (AvgIpc) is 2.71. The molecule has 2 heterocycles. The van der Waals surface area contributed by atoms with Crippen LogP contribution >= 0.6 is 0 Å². The Morgan fingerprint density at radius 1 is 1.44 bits per heavy atom. The number of carbonyl (C=O) groups is 1. The van der Waals surface area contributed by atoms with E-state index in [0.717, 1.165) is 16.8 Å². The van der Waals surface area contributed by atoms with Crippen molar-refractivity contribution >= 4 is 5.97 Å². The molecular weight excluding hydrogens is 232 g/mol. The topological polar surface area (TPSA) is 75.2 Å². The van der Waals surface area contributed by atoms with Gasteiger partial charge in [0.25, 0.3) is 0 Å². The predicted octanol–water partition coefficient (Wildman–Crippen LogP) is 1.86. The smallest absolute Gasteiger partial charge is 0.313 e. The fourth-order valence-electron chi connectivity index (χ4n) is 2.37. The molecule has 0 radical (unpaired) electrons. The van der Waals surface area contributed by atoms with Crippen LogP contribution in [0.5, 0.6) is 11.6 Å². The average molecular weight is 244 g/mol. The lowest BCUT2D eigenvalue weighted by molar-refractivity contribution is -0.135. The molecule has 1 unspecified atom stereocenters. The summed E-state index contributed by atoms with van der Waals surface area (Å²) < 4.78 is 5.08. The first-order chi connectivity index (χ1) is 8.66. The minimum absolute atomic E-state index is 0.184. The van der Waals surface area contributed by atoms with Gasteiger partial charge in [0.15, 0.2) is 0 Å². The summed E-state index contributed by atoms with van der Waals surface area (Å²) in [6.07, 6.45) is 0.213. The van der Waals surface area contributed by atoms with Crippen LogP contribution in [0, 0.1) is 6.92 Å². The number of rotatable bonds is 1. The number of H-pyrrole nitrogens is 1. The third-order valence-corrected chi connectivity index (χ3v) is 3.20. The van der Waals surface area contributed by atoms with Gasteiger partial charge in [-0.25, -0.2) is 0 Å². The summed E-state index contributed by atoms with van der Waals surface area (Å²) >= 11 is 0. The number of hydrogen-bond acceptors (Lipinski definition) is 4. The van der Waals surface area contributed by atoms with E-state index in [4.69, 9.17) is 4.74 Å². The molecule has 5 heteroatoms. The molecule has 2 aromatic rings. The van der Waals surface area contributed by atoms with E-state index in [1.807, 2.05) is 19.1 Å². The second kappa shape index (κ2) is 3.87. The van der Waals surface area contributed by atoms with E-state index in [-0.39, 0.29) is 24.1 Å². The summed E-state index contributed by atoms with van der Waals surface area (Å²) in [4.78, 5) is 11.6. The second-order valence-electron chi connectivity index (χ2n) is 4.36. The first-order valence-electron chi connectivity index (χ1n) is 5.70. The number of aromatic nitrogens is 2. The van der Waals surface area contributed by atoms with E-state index >= 15 is 0 Å². The monoisotopic (exact) mass is 244 g/mol. The fourth-order valence-corrected chi connectivity index (χ4v) is 2.37. The molecule has 1 aromatic heterocycles. The van der Waals surface area contributed by atoms with Crippen LogP contribution in [-0.4, -0.2) is 21.3 Å². The van der Waals surface area contributed by atoms with E-state index in [2.05, 4.69) is 10.2 Å². The maximum atomic E-state index is 11.6. The Morgan fingerprint density at radius 3 is 3.00 bits per heavy atom. The van der Waals surface area contributed by atoms with Crippen molar-refractivity contribution in [2.45, 2.75) is 19.3 Å². The van der Waals surface area contributed by atoms with Crippen LogP contribution in [0.15, 0.2) is 24.3 Å². The standard InChI is InChI=1S/C13H12N2O3/c1-7-12-9(8-4-2-3-5-10(8)16)6-11(17)18-13(12)15-14-7/h2-5,9,16H,6H2,1H3,(H,14,15). The van der Waals surface area contributed by atoms with E-state index in [1.165, 1.54) is 0 Å². The van der Waals surface area contributed by atoms with Crippen molar-refractivity contribution in [2.75, 3.05) is 0 Å². The quantitative estimate of drug-likeness (QED) is 0.751. The zero-order valence-corrected chi connectivity index (χ0v) is 9.80. The minimum Gasteiger partial charge on any atom is -0.508 e. The Labute approximate surface area is 103 Å². The van der Waals surface area contributed by atoms with Crippen molar-refractivity contribution in [3.63, 3.8) is 0 Å². The molecule has 0 bridgehead atoms. The lowest BCUT2D eigenvalue weighted by Gasteiger charge is -2.22. The van der Waals surface area contributed by atoms with Gasteiger partial charge in [0.2, 0.25) is 5.88 Å². The number of nitrogens with zero attached hydrogens (tertiary/aromatic N) is 1. The molecule has 0 spiro atoms. The molecule has 18 heavy (non-hydrogen) atoms. The summed E-state index contributed by atoms with van der Waals surface area (Å²) in [6.45, 7) is 1.87. The molecule has 1 atom stereocenters. The molecule has 1 aliphatic rings. The van der Waals surface area contributed by atoms with Gasteiger partial charge < -0.3 is 9.84 Å². The van der Waals surface area contributed by atoms with Gasteiger partial charge >= 0.3 is 5.97 Å². The number of aromatic amines is 1. The van der Waals surface area contributed by atoms with Crippen molar-refractivity contribution < 1.29 is 14.6 Å². The molecule has 92 valence electrons. The largest absolute Gasteiger partial charge is 0.508 e. The van der Waals surface area contributed by atoms with Crippen molar-refractivity contribution in [2.24, 2.45) is 0 Å². The summed E-state index contributed by atoms with van der Waals surface area (Å²) in [5.74, 6) is -0.0378. The molecule has 1 aromatic carbocycles. The van der Waals surface area contributed by atoms with Crippen LogP contribution in [-0.2, 0) is 4.79 Å². The lowest BCUT2D eigenvalue weighted by Crippen LogP contribution is -2.21. The van der Waals surface area contributed by atoms with E-state index < -0.39 is 0 Å². The Hall–Kier alpha value is -2.30. The van der Waals surface area contributed by atoms with Crippen LogP contribution in [0.2, 0.25) is 0 Å². The predicted molar refractivity (Wildman–Crippen MR) is 63.5 cm³/mol. The number of carbonyl (C=O) groups excluding carboxylic acids is 1. The Morgan fingerprint density at radius 2 is 2.22 bits per heavy atom. The molecule has 0 amide bonds. The molecule has 2 N–H and O–H groups in total. The number of phenols is 1. The summed E-state index contributed by atoms with van der Waals surface area (Å²) in [7, 11) is 0. The van der Waals surface area contributed by atoms with Crippen molar-refractivity contribution in [1.29, 1.82) is 0 Å². The van der Waals surface area contributed by atoms with Crippen LogP contribution in [0.25, 0.3) is 0 Å². The fraction of sp³-hybridized carbons (Fsp3) is 0.231. The number of para-hydroxylation sites is 1. The van der Waals surface area contributed by atoms with Crippen LogP contribution in [0.4, 0.5) is 0 Å². The molecule has 0 fully saturated rings. The number of esters is 1. The van der Waals surface area contributed by atoms with Gasteiger partial charge in [-0.2, -0.15) is 0 Å². The number of benzene rings is 1. The SMILES string of the molecule is Cc1[nH]nc2c1C(c1ccccc1O)CC(=O)O2. The number of hydrogen-bond donors (Lipinski definition) is 2. The van der Waals surface area contributed by atoms with Crippen LogP contribution < -0.4 is 4.74 Å². The zero-order chi connectivity index (χ0) is 12.7. The van der Waals surface area contributed by atoms with Gasteiger partial charge in [-0.15, -0.1) is 5.10 Å². The number of phenolic OH excluding ortho intramolecular Hbond substituents is 1. The van der Waals surface area contributed by atoms with Crippen molar-refractivity contribution in [3.05, 3.63) is 41.1 Å². The first-order valence-corrected chi connectivity index (χ1v) is 5.70. The summed E-state index contributed by atoms with van der Waals surface area (Å²) in [5, 5.41) is 16.7. The first kappa shape index (κ1) is 10.8. The van der Waals surface area contributed by atoms with Gasteiger partial charge in [-0.05, 0) is 13.0 Å². The highest BCUT2D eigenvalue weighted by Gasteiger charge is 2.33. The lowest BCUT2D eigenvalue weighted by atomic mass is 9.87. The Balaban J connectivity index is 2.16. The maximum Gasteiger partial charge on any atom is 0.313 e. The van der Waals surface area contributed by atoms with Crippen molar-refractivity contribution in [1.82, 2.24) is 10.2 Å². The number of nitrogens with one attached hydrogen (secondary N) is 1. The van der Waals surface area contributed by atoms with E-state index in [1.54, 1.807) is 12.1 Å². The van der Waals surface area contributed by atoms with E-state index in [0.29, 0.717) is 5.88 Å². The minimum atomic E-state index is -0.331. The normalized spacial score (nSPS) is 18.3. The Bertz CT molecular complexity index is 618. The van der Waals surface area contributed by atoms with E-state index in [9.17, 15) is 9.90 Å². The molecule has 0 aliphatic carbocycles. The van der Waals surface area contributed by atoms with Gasteiger partial charge in [-0.3, -0.25) is 9.89 Å². The highest BCUT2D eigenvalue weighted by molar-refractivity contribution is 5.77. The van der Waals surface area contributed by atoms with Gasteiger partial charge in [0.05, 0.1) is 6.42 Å².